The maximum absolute atomic E-state index is 12.4. The number of likely N-dealkylation sites (tertiary alicyclic amines) is 1. The van der Waals surface area contributed by atoms with E-state index in [2.05, 4.69) is 41.6 Å². The molecule has 0 unspecified atom stereocenters. The molecule has 5 rings (SSSR count). The smallest absolute Gasteiger partial charge is 0.329 e. The second-order valence-corrected chi connectivity index (χ2v) is 8.23. The standard InChI is InChI=1S/C17H20N8O2S/c1-24(13-11-3-4-18-12(11)19-9-20-13)10-5-17(6-10)7-25(8-17)16(26)22-15-21-14(27-2)23-28-15/h3-4,9-10H,5-8H2,1-2H3,(H,18,19,20)(H,21,22,23,26). The van der Waals surface area contributed by atoms with Crippen LogP contribution in [-0.2, 0) is 0 Å². The fourth-order valence-corrected chi connectivity index (χ4v) is 4.74. The normalized spacial score (nSPS) is 18.0. The van der Waals surface area contributed by atoms with Gasteiger partial charge in [0.2, 0.25) is 5.13 Å². The number of rotatable bonds is 4. The average molecular weight is 400 g/mol. The van der Waals surface area contributed by atoms with Crippen molar-refractivity contribution in [2.75, 3.05) is 37.5 Å². The summed E-state index contributed by atoms with van der Waals surface area (Å²) in [5.41, 5.74) is 1.07. The lowest BCUT2D eigenvalue weighted by Crippen LogP contribution is -2.67. The van der Waals surface area contributed by atoms with E-state index in [-0.39, 0.29) is 17.5 Å². The van der Waals surface area contributed by atoms with E-state index in [0.29, 0.717) is 11.2 Å². The van der Waals surface area contributed by atoms with Gasteiger partial charge in [0.25, 0.3) is 0 Å². The van der Waals surface area contributed by atoms with E-state index in [4.69, 9.17) is 4.74 Å². The molecular weight excluding hydrogens is 380 g/mol. The van der Waals surface area contributed by atoms with Gasteiger partial charge in [-0.25, -0.2) is 14.8 Å². The second kappa shape index (κ2) is 6.30. The average Bonchev–Trinajstić information content (AvgIpc) is 3.27. The Bertz CT molecular complexity index is 1020. The molecule has 1 saturated heterocycles. The van der Waals surface area contributed by atoms with Crippen molar-refractivity contribution in [2.24, 2.45) is 5.41 Å². The molecular formula is C17H20N8O2S. The predicted octanol–water partition coefficient (Wildman–Crippen LogP) is 1.95. The van der Waals surface area contributed by atoms with Crippen LogP contribution in [0, 0.1) is 5.41 Å². The van der Waals surface area contributed by atoms with Crippen LogP contribution in [0.3, 0.4) is 0 Å². The van der Waals surface area contributed by atoms with E-state index in [1.54, 1.807) is 6.33 Å². The Morgan fingerprint density at radius 2 is 2.25 bits per heavy atom. The van der Waals surface area contributed by atoms with Gasteiger partial charge in [-0.1, -0.05) is 0 Å². The summed E-state index contributed by atoms with van der Waals surface area (Å²) in [5, 5.41) is 4.27. The van der Waals surface area contributed by atoms with Crippen LogP contribution in [0.25, 0.3) is 11.0 Å². The van der Waals surface area contributed by atoms with Gasteiger partial charge in [0, 0.05) is 49.3 Å². The van der Waals surface area contributed by atoms with Crippen LogP contribution in [0.1, 0.15) is 12.8 Å². The Morgan fingerprint density at radius 1 is 1.43 bits per heavy atom. The third kappa shape index (κ3) is 2.73. The summed E-state index contributed by atoms with van der Waals surface area (Å²) in [6.07, 6.45) is 5.58. The number of ether oxygens (including phenoxy) is 1. The van der Waals surface area contributed by atoms with E-state index in [0.717, 1.165) is 54.3 Å². The third-order valence-electron chi connectivity index (χ3n) is 5.70. The zero-order valence-corrected chi connectivity index (χ0v) is 16.4. The van der Waals surface area contributed by atoms with Gasteiger partial charge in [0.05, 0.1) is 12.5 Å². The number of nitrogens with zero attached hydrogens (tertiary/aromatic N) is 6. The molecule has 10 nitrogen and oxygen atoms in total. The molecule has 1 saturated carbocycles. The first-order valence-electron chi connectivity index (χ1n) is 9.01. The highest BCUT2D eigenvalue weighted by Crippen LogP contribution is 2.50. The van der Waals surface area contributed by atoms with Crippen LogP contribution in [0.2, 0.25) is 0 Å². The number of hydrogen-bond donors (Lipinski definition) is 2. The number of amides is 2. The monoisotopic (exact) mass is 400 g/mol. The second-order valence-electron chi connectivity index (χ2n) is 7.48. The molecule has 2 amide bonds. The van der Waals surface area contributed by atoms with Gasteiger partial charge in [-0.15, -0.1) is 4.37 Å². The van der Waals surface area contributed by atoms with Crippen molar-refractivity contribution in [1.82, 2.24) is 29.2 Å². The summed E-state index contributed by atoms with van der Waals surface area (Å²) in [6.45, 7) is 1.53. The molecule has 146 valence electrons. The lowest BCUT2D eigenvalue weighted by Gasteiger charge is -2.60. The Hall–Kier alpha value is -2.95. The van der Waals surface area contributed by atoms with E-state index in [1.165, 1.54) is 7.11 Å². The quantitative estimate of drug-likeness (QED) is 0.688. The lowest BCUT2D eigenvalue weighted by atomic mass is 9.60. The molecule has 2 aliphatic rings. The molecule has 3 aromatic rings. The minimum atomic E-state index is -0.133. The first-order chi connectivity index (χ1) is 13.6. The number of nitrogens with one attached hydrogen (secondary N) is 2. The van der Waals surface area contributed by atoms with Gasteiger partial charge in [-0.05, 0) is 18.9 Å². The highest BCUT2D eigenvalue weighted by atomic mass is 32.1. The number of urea groups is 1. The van der Waals surface area contributed by atoms with Crippen LogP contribution >= 0.6 is 11.5 Å². The molecule has 2 N–H and O–H groups in total. The number of aromatic amines is 1. The van der Waals surface area contributed by atoms with Crippen LogP contribution < -0.4 is 15.0 Å². The van der Waals surface area contributed by atoms with Gasteiger partial charge in [-0.3, -0.25) is 5.32 Å². The Morgan fingerprint density at radius 3 is 3.00 bits per heavy atom. The van der Waals surface area contributed by atoms with Gasteiger partial charge < -0.3 is 19.5 Å². The molecule has 11 heteroatoms. The van der Waals surface area contributed by atoms with E-state index >= 15 is 0 Å². The fourth-order valence-electron chi connectivity index (χ4n) is 4.21. The molecule has 0 aromatic carbocycles. The van der Waals surface area contributed by atoms with Crippen LogP contribution in [0.4, 0.5) is 15.7 Å². The van der Waals surface area contributed by atoms with Crippen LogP contribution in [0.5, 0.6) is 6.01 Å². The van der Waals surface area contributed by atoms with Gasteiger partial charge in [0.1, 0.15) is 17.8 Å². The van der Waals surface area contributed by atoms with Crippen LogP contribution in [-0.4, -0.2) is 68.5 Å². The minimum Gasteiger partial charge on any atom is -0.466 e. The highest BCUT2D eigenvalue weighted by molar-refractivity contribution is 7.10. The Kier molecular flexibility index (Phi) is 3.86. The van der Waals surface area contributed by atoms with Crippen LogP contribution in [0.15, 0.2) is 18.6 Å². The SMILES string of the molecule is COc1nsc(NC(=O)N2CC3(CC(N(C)c4ncnc5[nH]ccc45)C3)C2)n1. The van der Waals surface area contributed by atoms with Crippen molar-refractivity contribution in [3.05, 3.63) is 18.6 Å². The van der Waals surface area contributed by atoms with Crippen molar-refractivity contribution >= 4 is 39.5 Å². The molecule has 0 atom stereocenters. The van der Waals surface area contributed by atoms with E-state index in [1.807, 2.05) is 17.2 Å². The molecule has 0 radical (unpaired) electrons. The van der Waals surface area contributed by atoms with Crippen molar-refractivity contribution in [3.8, 4) is 6.01 Å². The maximum atomic E-state index is 12.4. The number of anilines is 2. The number of carbonyl (C=O) groups is 1. The predicted molar refractivity (Wildman–Crippen MR) is 105 cm³/mol. The van der Waals surface area contributed by atoms with Crippen molar-refractivity contribution < 1.29 is 9.53 Å². The topological polar surface area (TPSA) is 112 Å². The molecule has 1 aliphatic carbocycles. The summed E-state index contributed by atoms with van der Waals surface area (Å²) in [7, 11) is 3.58. The van der Waals surface area contributed by atoms with Gasteiger partial charge in [0.15, 0.2) is 0 Å². The zero-order valence-electron chi connectivity index (χ0n) is 15.5. The van der Waals surface area contributed by atoms with E-state index < -0.39 is 0 Å². The number of hydrogen-bond acceptors (Lipinski definition) is 8. The summed E-state index contributed by atoms with van der Waals surface area (Å²) < 4.78 is 8.92. The number of carbonyl (C=O) groups excluding carboxylic acids is 1. The Balaban J connectivity index is 1.16. The van der Waals surface area contributed by atoms with Crippen molar-refractivity contribution in [3.63, 3.8) is 0 Å². The summed E-state index contributed by atoms with van der Waals surface area (Å²) in [6, 6.07) is 2.57. The molecule has 2 fully saturated rings. The minimum absolute atomic E-state index is 0.133. The number of fused-ring (bicyclic) bond motifs is 1. The number of aromatic nitrogens is 5. The Labute approximate surface area is 165 Å². The number of methoxy groups -OCH3 is 1. The van der Waals surface area contributed by atoms with Gasteiger partial charge >= 0.3 is 12.0 Å². The number of H-pyrrole nitrogens is 1. The molecule has 1 spiro atoms. The molecule has 3 aromatic heterocycles. The van der Waals surface area contributed by atoms with Crippen molar-refractivity contribution in [2.45, 2.75) is 18.9 Å². The molecule has 0 bridgehead atoms. The zero-order chi connectivity index (χ0) is 19.3. The van der Waals surface area contributed by atoms with Crippen molar-refractivity contribution in [1.29, 1.82) is 0 Å². The first kappa shape index (κ1) is 17.2. The molecule has 28 heavy (non-hydrogen) atoms. The lowest BCUT2D eigenvalue weighted by molar-refractivity contribution is -0.0428. The van der Waals surface area contributed by atoms with Gasteiger partial charge in [-0.2, -0.15) is 4.98 Å². The third-order valence-corrected chi connectivity index (χ3v) is 6.31. The maximum Gasteiger partial charge on any atom is 0.329 e. The largest absolute Gasteiger partial charge is 0.466 e. The summed E-state index contributed by atoms with van der Waals surface area (Å²) in [4.78, 5) is 32.3. The fraction of sp³-hybridized carbons (Fsp3) is 0.471. The molecule has 4 heterocycles. The summed E-state index contributed by atoms with van der Waals surface area (Å²) >= 11 is 1.11. The highest BCUT2D eigenvalue weighted by Gasteiger charge is 2.55. The first-order valence-corrected chi connectivity index (χ1v) is 9.79. The summed E-state index contributed by atoms with van der Waals surface area (Å²) in [5.74, 6) is 0.949. The molecule has 1 aliphatic heterocycles. The van der Waals surface area contributed by atoms with E-state index in [9.17, 15) is 4.79 Å².